The van der Waals surface area contributed by atoms with Crippen LogP contribution in [0.4, 0.5) is 0 Å². The fourth-order valence-corrected chi connectivity index (χ4v) is 6.79. The van der Waals surface area contributed by atoms with Crippen LogP contribution in [0.2, 0.25) is 0 Å². The van der Waals surface area contributed by atoms with Crippen molar-refractivity contribution in [3.05, 3.63) is 29.8 Å². The van der Waals surface area contributed by atoms with Gasteiger partial charge in [0.2, 0.25) is 29.5 Å². The van der Waals surface area contributed by atoms with Gasteiger partial charge in [0, 0.05) is 25.9 Å². The highest BCUT2D eigenvalue weighted by atomic mass is 35.5. The summed E-state index contributed by atoms with van der Waals surface area (Å²) in [5, 5.41) is 30.7. The van der Waals surface area contributed by atoms with Gasteiger partial charge in [0.05, 0.1) is 27.7 Å². The van der Waals surface area contributed by atoms with E-state index in [-0.39, 0.29) is 74.7 Å². The third-order valence-electron chi connectivity index (χ3n) is 9.90. The maximum atomic E-state index is 14.1. The molecule has 10 N–H and O–H groups in total. The van der Waals surface area contributed by atoms with E-state index in [0.717, 1.165) is 23.9 Å². The van der Waals surface area contributed by atoms with Gasteiger partial charge in [-0.2, -0.15) is 0 Å². The van der Waals surface area contributed by atoms with Crippen LogP contribution in [0.5, 0.6) is 5.75 Å². The normalized spacial score (nSPS) is 16.2. The van der Waals surface area contributed by atoms with Gasteiger partial charge < -0.3 is 64.7 Å². The number of benzene rings is 1. The molecule has 0 aliphatic carbocycles. The second-order valence-corrected chi connectivity index (χ2v) is 17.9. The molecule has 0 bridgehead atoms. The number of halogens is 1. The number of rotatable bonds is 23. The number of likely N-dealkylation sites (tertiary alicyclic amines) is 1. The number of carboxylic acid groups (broad SMARTS) is 1. The SMILES string of the molecule is CC(C)C[C@H](NC(=O)[C@@H](NC(=O)[C@H](Cc1ccc(O)cc1)NC(=O)[C@@H]1CCCN1C(=O)[C@H](CCCN=C(N)N)NC(=O)CCCCC[N+](C)(C)C)C(C)(C)C)C(=O)O.[Cl-]. The smallest absolute Gasteiger partial charge is 0.326 e. The van der Waals surface area contributed by atoms with Gasteiger partial charge in [0.1, 0.15) is 36.0 Å². The molecule has 59 heavy (non-hydrogen) atoms. The summed E-state index contributed by atoms with van der Waals surface area (Å²) in [5.41, 5.74) is 10.7. The summed E-state index contributed by atoms with van der Waals surface area (Å²) >= 11 is 0. The zero-order chi connectivity index (χ0) is 43.8. The third kappa shape index (κ3) is 19.3. The van der Waals surface area contributed by atoms with Gasteiger partial charge >= 0.3 is 5.97 Å². The van der Waals surface area contributed by atoms with E-state index in [2.05, 4.69) is 47.4 Å². The van der Waals surface area contributed by atoms with Crippen molar-refractivity contribution in [1.82, 2.24) is 26.2 Å². The molecular weight excluding hydrogens is 782 g/mol. The van der Waals surface area contributed by atoms with Crippen LogP contribution in [0.15, 0.2) is 29.3 Å². The van der Waals surface area contributed by atoms with Crippen LogP contribution >= 0.6 is 0 Å². The Morgan fingerprint density at radius 3 is 2.08 bits per heavy atom. The number of hydrogen-bond donors (Lipinski definition) is 8. The van der Waals surface area contributed by atoms with E-state index >= 15 is 0 Å². The predicted molar refractivity (Wildman–Crippen MR) is 222 cm³/mol. The minimum Gasteiger partial charge on any atom is -1.00 e. The highest BCUT2D eigenvalue weighted by Gasteiger charge is 2.40. The number of nitrogens with zero attached hydrogens (tertiary/aromatic N) is 3. The first-order valence-electron chi connectivity index (χ1n) is 20.4. The molecule has 1 aliphatic heterocycles. The second kappa shape index (κ2) is 24.4. The van der Waals surface area contributed by atoms with Gasteiger partial charge in [-0.05, 0) is 80.4 Å². The molecule has 0 radical (unpaired) electrons. The Labute approximate surface area is 355 Å². The molecule has 1 aliphatic rings. The Kier molecular flexibility index (Phi) is 21.7. The van der Waals surface area contributed by atoms with Crippen molar-refractivity contribution in [2.45, 2.75) is 129 Å². The maximum absolute atomic E-state index is 14.1. The number of amides is 5. The van der Waals surface area contributed by atoms with Crippen LogP contribution in [0.25, 0.3) is 0 Å². The zero-order valence-corrected chi connectivity index (χ0v) is 36.9. The predicted octanol–water partition coefficient (Wildman–Crippen LogP) is -1.63. The fraction of sp³-hybridized carbons (Fsp3) is 0.683. The minimum atomic E-state index is -1.23. The molecule has 1 fully saturated rings. The minimum absolute atomic E-state index is 0. The van der Waals surface area contributed by atoms with Gasteiger partial charge in [-0.1, -0.05) is 46.8 Å². The lowest BCUT2D eigenvalue weighted by molar-refractivity contribution is -0.870. The molecule has 1 saturated heterocycles. The Hall–Kier alpha value is -4.64. The number of nitrogens with one attached hydrogen (secondary N) is 4. The standard InChI is InChI=1S/C41H69N9O8.ClH/c1-26(2)24-31(39(57)58)47-37(55)34(41(3,4)5)48-35(53)30(25-27-17-19-28(51)20-18-27)46-36(54)32-15-13-22-49(32)38(56)29(14-12-21-44-40(42)43)45-33(52)16-10-9-11-23-50(6,7)8;/h17-20,26,29-32,34H,9-16,21-25H2,1-8H3,(H9-,42,43,44,45,46,47,48,51,52,53,54,55,57,58);1H/t29-,30-,31-,32-,34+;/m0./s1. The van der Waals surface area contributed by atoms with E-state index < -0.39 is 65.2 Å². The van der Waals surface area contributed by atoms with Crippen molar-refractivity contribution in [2.24, 2.45) is 27.8 Å². The quantitative estimate of drug-likeness (QED) is 0.0270. The number of nitrogens with two attached hydrogens (primary N) is 2. The van der Waals surface area contributed by atoms with Crippen LogP contribution in [0.3, 0.4) is 0 Å². The van der Waals surface area contributed by atoms with Gasteiger partial charge in [-0.25, -0.2) is 4.79 Å². The Morgan fingerprint density at radius 2 is 1.53 bits per heavy atom. The molecule has 2 rings (SSSR count). The number of guanidine groups is 1. The summed E-state index contributed by atoms with van der Waals surface area (Å²) in [7, 11) is 6.33. The molecule has 0 saturated carbocycles. The molecule has 1 aromatic carbocycles. The number of phenols is 1. The molecule has 0 aromatic heterocycles. The molecule has 17 nitrogen and oxygen atoms in total. The number of phenolic OH excluding ortho intramolecular Hbond substituents is 1. The molecule has 18 heteroatoms. The third-order valence-corrected chi connectivity index (χ3v) is 9.90. The number of hydrogen-bond acceptors (Lipinski definition) is 8. The highest BCUT2D eigenvalue weighted by Crippen LogP contribution is 2.23. The van der Waals surface area contributed by atoms with Crippen LogP contribution < -0.4 is 45.1 Å². The number of carbonyl (C=O) groups excluding carboxylic acids is 5. The maximum Gasteiger partial charge on any atom is 0.326 e. The van der Waals surface area contributed by atoms with Crippen LogP contribution in [0.1, 0.15) is 98.0 Å². The summed E-state index contributed by atoms with van der Waals surface area (Å²) in [4.78, 5) is 86.4. The number of aromatic hydroxyl groups is 1. The van der Waals surface area contributed by atoms with Crippen molar-refractivity contribution < 1.29 is 55.9 Å². The lowest BCUT2D eigenvalue weighted by atomic mass is 9.85. The first-order chi connectivity index (χ1) is 27.0. The molecule has 5 amide bonds. The highest BCUT2D eigenvalue weighted by molar-refractivity contribution is 5.96. The Balaban J connectivity index is 0.0000174. The van der Waals surface area contributed by atoms with Crippen molar-refractivity contribution in [2.75, 3.05) is 40.8 Å². The molecular formula is C41H70ClN9O8. The molecule has 0 spiro atoms. The number of quaternary nitrogens is 1. The first-order valence-corrected chi connectivity index (χ1v) is 20.4. The lowest BCUT2D eigenvalue weighted by Crippen LogP contribution is -3.00. The van der Waals surface area contributed by atoms with Gasteiger partial charge in [-0.3, -0.25) is 29.0 Å². The number of carboxylic acids is 1. The molecule has 0 unspecified atom stereocenters. The van der Waals surface area contributed by atoms with Crippen LogP contribution in [-0.2, 0) is 35.2 Å². The van der Waals surface area contributed by atoms with Gasteiger partial charge in [-0.15, -0.1) is 0 Å². The Bertz CT molecular complexity index is 1570. The van der Waals surface area contributed by atoms with E-state index in [4.69, 9.17) is 11.5 Å². The number of aliphatic imine (C=N–C) groups is 1. The van der Waals surface area contributed by atoms with E-state index in [1.54, 1.807) is 32.9 Å². The van der Waals surface area contributed by atoms with Crippen molar-refractivity contribution in [3.8, 4) is 5.75 Å². The van der Waals surface area contributed by atoms with E-state index in [1.807, 2.05) is 13.8 Å². The largest absolute Gasteiger partial charge is 1.00 e. The van der Waals surface area contributed by atoms with Crippen LogP contribution in [-0.4, -0.2) is 132 Å². The van der Waals surface area contributed by atoms with Gasteiger partial charge in [0.15, 0.2) is 5.96 Å². The zero-order valence-electron chi connectivity index (χ0n) is 36.2. The summed E-state index contributed by atoms with van der Waals surface area (Å²) < 4.78 is 0.827. The topological polar surface area (TPSA) is 259 Å². The number of unbranched alkanes of at least 4 members (excludes halogenated alkanes) is 2. The number of aliphatic carboxylic acids is 1. The van der Waals surface area contributed by atoms with Gasteiger partial charge in [0.25, 0.3) is 0 Å². The van der Waals surface area contributed by atoms with E-state index in [9.17, 15) is 39.0 Å². The summed E-state index contributed by atoms with van der Waals surface area (Å²) in [6.07, 6.45) is 4.33. The lowest BCUT2D eigenvalue weighted by Gasteiger charge is -2.33. The molecule has 1 aromatic rings. The Morgan fingerprint density at radius 1 is 0.881 bits per heavy atom. The number of carbonyl (C=O) groups is 6. The second-order valence-electron chi connectivity index (χ2n) is 17.9. The van der Waals surface area contributed by atoms with E-state index in [1.165, 1.54) is 17.0 Å². The average molecular weight is 853 g/mol. The molecule has 334 valence electrons. The average Bonchev–Trinajstić information content (AvgIpc) is 3.60. The van der Waals surface area contributed by atoms with Crippen molar-refractivity contribution >= 4 is 41.5 Å². The first kappa shape index (κ1) is 52.4. The van der Waals surface area contributed by atoms with Crippen LogP contribution in [0, 0.1) is 11.3 Å². The molecule has 5 atom stereocenters. The summed E-state index contributed by atoms with van der Waals surface area (Å²) in [5.74, 6) is -3.99. The fourth-order valence-electron chi connectivity index (χ4n) is 6.79. The van der Waals surface area contributed by atoms with Crippen molar-refractivity contribution in [1.29, 1.82) is 0 Å². The van der Waals surface area contributed by atoms with E-state index in [0.29, 0.717) is 31.2 Å². The van der Waals surface area contributed by atoms with Crippen molar-refractivity contribution in [3.63, 3.8) is 0 Å². The summed E-state index contributed by atoms with van der Waals surface area (Å²) in [6, 6.07) is 0.617. The summed E-state index contributed by atoms with van der Waals surface area (Å²) in [6.45, 7) is 10.3. The monoisotopic (exact) mass is 852 g/mol. The molecule has 1 heterocycles.